The molecule has 4 nitrogen and oxygen atoms in total. The Labute approximate surface area is 107 Å². The molecule has 2 N–H and O–H groups in total. The summed E-state index contributed by atoms with van der Waals surface area (Å²) >= 11 is 0. The van der Waals surface area contributed by atoms with Gasteiger partial charge >= 0.3 is 0 Å². The maximum Gasteiger partial charge on any atom is 0.257 e. The van der Waals surface area contributed by atoms with Crippen molar-refractivity contribution in [3.63, 3.8) is 0 Å². The highest BCUT2D eigenvalue weighted by Crippen LogP contribution is 2.23. The highest BCUT2D eigenvalue weighted by molar-refractivity contribution is 5.97. The van der Waals surface area contributed by atoms with Crippen LogP contribution in [0.4, 0.5) is 0 Å². The number of aromatic hydroxyl groups is 1. The van der Waals surface area contributed by atoms with Gasteiger partial charge in [0.05, 0.1) is 11.7 Å². The molecule has 2 unspecified atom stereocenters. The van der Waals surface area contributed by atoms with Crippen molar-refractivity contribution in [1.82, 2.24) is 4.90 Å². The Morgan fingerprint density at radius 1 is 1.44 bits per heavy atom. The van der Waals surface area contributed by atoms with E-state index in [9.17, 15) is 15.0 Å². The van der Waals surface area contributed by atoms with E-state index in [0.29, 0.717) is 25.1 Å². The van der Waals surface area contributed by atoms with Gasteiger partial charge in [0.25, 0.3) is 5.91 Å². The van der Waals surface area contributed by atoms with Gasteiger partial charge in [-0.25, -0.2) is 0 Å². The van der Waals surface area contributed by atoms with E-state index in [1.54, 1.807) is 23.1 Å². The molecule has 0 bridgehead atoms. The number of rotatable bonds is 1. The average Bonchev–Trinajstić information content (AvgIpc) is 2.35. The van der Waals surface area contributed by atoms with Gasteiger partial charge in [0.2, 0.25) is 0 Å². The Balaban J connectivity index is 2.19. The van der Waals surface area contributed by atoms with E-state index in [-0.39, 0.29) is 23.7 Å². The molecule has 1 aliphatic rings. The quantitative estimate of drug-likeness (QED) is 0.793. The molecule has 1 heterocycles. The Morgan fingerprint density at radius 2 is 2.17 bits per heavy atom. The number of hydrogen-bond donors (Lipinski definition) is 2. The summed E-state index contributed by atoms with van der Waals surface area (Å²) in [6, 6.07) is 5.02. The van der Waals surface area contributed by atoms with Crippen molar-refractivity contribution in [3.8, 4) is 5.75 Å². The number of likely N-dealkylation sites (tertiary alicyclic amines) is 1. The van der Waals surface area contributed by atoms with Crippen molar-refractivity contribution in [2.45, 2.75) is 26.4 Å². The lowest BCUT2D eigenvalue weighted by molar-refractivity contribution is 0.0296. The van der Waals surface area contributed by atoms with Gasteiger partial charge in [0, 0.05) is 13.1 Å². The van der Waals surface area contributed by atoms with Crippen LogP contribution < -0.4 is 0 Å². The molecule has 1 aromatic carbocycles. The molecular weight excluding hydrogens is 230 g/mol. The zero-order valence-electron chi connectivity index (χ0n) is 10.8. The number of aliphatic hydroxyl groups is 1. The molecule has 0 aliphatic carbocycles. The van der Waals surface area contributed by atoms with Gasteiger partial charge in [-0.15, -0.1) is 0 Å². The number of aliphatic hydroxyl groups excluding tert-OH is 1. The van der Waals surface area contributed by atoms with Gasteiger partial charge in [0.1, 0.15) is 5.75 Å². The van der Waals surface area contributed by atoms with Crippen LogP contribution in [0.5, 0.6) is 5.75 Å². The SMILES string of the molecule is Cc1ccc(O)c(C(=O)N2CCC(O)C(C)C2)c1. The van der Waals surface area contributed by atoms with Crippen LogP contribution in [0.3, 0.4) is 0 Å². The van der Waals surface area contributed by atoms with Crippen molar-refractivity contribution in [2.24, 2.45) is 5.92 Å². The van der Waals surface area contributed by atoms with E-state index in [0.717, 1.165) is 5.56 Å². The molecule has 1 fully saturated rings. The predicted molar refractivity (Wildman–Crippen MR) is 68.5 cm³/mol. The van der Waals surface area contributed by atoms with Crippen molar-refractivity contribution >= 4 is 5.91 Å². The molecule has 1 amide bonds. The summed E-state index contributed by atoms with van der Waals surface area (Å²) in [7, 11) is 0. The summed E-state index contributed by atoms with van der Waals surface area (Å²) in [5, 5.41) is 19.4. The van der Waals surface area contributed by atoms with Gasteiger partial charge < -0.3 is 15.1 Å². The number of benzene rings is 1. The molecular formula is C14H19NO3. The minimum Gasteiger partial charge on any atom is -0.507 e. The fourth-order valence-electron chi connectivity index (χ4n) is 2.31. The van der Waals surface area contributed by atoms with Crippen LogP contribution in [0.1, 0.15) is 29.3 Å². The number of aryl methyl sites for hydroxylation is 1. The second-order valence-corrected chi connectivity index (χ2v) is 5.11. The molecule has 2 rings (SSSR count). The first-order chi connectivity index (χ1) is 8.49. The fraction of sp³-hybridized carbons (Fsp3) is 0.500. The lowest BCUT2D eigenvalue weighted by Gasteiger charge is -2.34. The molecule has 2 atom stereocenters. The summed E-state index contributed by atoms with van der Waals surface area (Å²) < 4.78 is 0. The van der Waals surface area contributed by atoms with E-state index in [1.165, 1.54) is 0 Å². The maximum absolute atomic E-state index is 12.3. The number of phenols is 1. The smallest absolute Gasteiger partial charge is 0.257 e. The van der Waals surface area contributed by atoms with E-state index in [2.05, 4.69) is 0 Å². The summed E-state index contributed by atoms with van der Waals surface area (Å²) in [4.78, 5) is 14.0. The zero-order chi connectivity index (χ0) is 13.3. The first-order valence-corrected chi connectivity index (χ1v) is 6.26. The first kappa shape index (κ1) is 12.9. The molecule has 0 saturated carbocycles. The van der Waals surface area contributed by atoms with Crippen LogP contribution in [0.15, 0.2) is 18.2 Å². The van der Waals surface area contributed by atoms with Gasteiger partial charge in [0.15, 0.2) is 0 Å². The summed E-state index contributed by atoms with van der Waals surface area (Å²) in [5.41, 5.74) is 1.29. The number of nitrogens with zero attached hydrogens (tertiary/aromatic N) is 1. The van der Waals surface area contributed by atoms with Crippen LogP contribution in [-0.4, -0.2) is 40.2 Å². The standard InChI is InChI=1S/C14H19NO3/c1-9-3-4-13(17)11(7-9)14(18)15-6-5-12(16)10(2)8-15/h3-4,7,10,12,16-17H,5-6,8H2,1-2H3. The second-order valence-electron chi connectivity index (χ2n) is 5.11. The van der Waals surface area contributed by atoms with Gasteiger partial charge in [-0.2, -0.15) is 0 Å². The highest BCUT2D eigenvalue weighted by atomic mass is 16.3. The number of hydrogen-bond acceptors (Lipinski definition) is 3. The Kier molecular flexibility index (Phi) is 3.57. The number of carbonyl (C=O) groups is 1. The Morgan fingerprint density at radius 3 is 2.83 bits per heavy atom. The summed E-state index contributed by atoms with van der Waals surface area (Å²) in [6.45, 7) is 4.89. The average molecular weight is 249 g/mol. The van der Waals surface area contributed by atoms with E-state index >= 15 is 0 Å². The molecule has 1 aliphatic heterocycles. The Hall–Kier alpha value is -1.55. The van der Waals surface area contributed by atoms with Crippen LogP contribution >= 0.6 is 0 Å². The van der Waals surface area contributed by atoms with Crippen molar-refractivity contribution in [2.75, 3.05) is 13.1 Å². The molecule has 0 aromatic heterocycles. The summed E-state index contributed by atoms with van der Waals surface area (Å²) in [5.74, 6) is -0.0611. The minimum atomic E-state index is -0.333. The third-order valence-corrected chi connectivity index (χ3v) is 3.53. The first-order valence-electron chi connectivity index (χ1n) is 6.26. The summed E-state index contributed by atoms with van der Waals surface area (Å²) in [6.07, 6.45) is 0.264. The van der Waals surface area contributed by atoms with E-state index < -0.39 is 0 Å². The molecule has 1 saturated heterocycles. The lowest BCUT2D eigenvalue weighted by atomic mass is 9.96. The molecule has 4 heteroatoms. The van der Waals surface area contributed by atoms with Crippen LogP contribution in [0.25, 0.3) is 0 Å². The van der Waals surface area contributed by atoms with E-state index in [1.807, 2.05) is 13.8 Å². The topological polar surface area (TPSA) is 60.8 Å². The third kappa shape index (κ3) is 2.48. The van der Waals surface area contributed by atoms with Gasteiger partial charge in [-0.3, -0.25) is 4.79 Å². The predicted octanol–water partition coefficient (Wildman–Crippen LogP) is 1.54. The molecule has 18 heavy (non-hydrogen) atoms. The van der Waals surface area contributed by atoms with Crippen LogP contribution in [0.2, 0.25) is 0 Å². The maximum atomic E-state index is 12.3. The van der Waals surface area contributed by atoms with Crippen LogP contribution in [0, 0.1) is 12.8 Å². The number of phenolic OH excluding ortho intramolecular Hbond substituents is 1. The minimum absolute atomic E-state index is 0.0179. The van der Waals surface area contributed by atoms with Crippen molar-refractivity contribution < 1.29 is 15.0 Å². The highest BCUT2D eigenvalue weighted by Gasteiger charge is 2.28. The zero-order valence-corrected chi connectivity index (χ0v) is 10.8. The van der Waals surface area contributed by atoms with Crippen molar-refractivity contribution in [1.29, 1.82) is 0 Å². The van der Waals surface area contributed by atoms with Crippen LogP contribution in [-0.2, 0) is 0 Å². The molecule has 98 valence electrons. The Bertz CT molecular complexity index is 458. The second kappa shape index (κ2) is 4.98. The number of piperidine rings is 1. The number of carbonyl (C=O) groups excluding carboxylic acids is 1. The molecule has 0 radical (unpaired) electrons. The van der Waals surface area contributed by atoms with Gasteiger partial charge in [-0.05, 0) is 31.4 Å². The third-order valence-electron chi connectivity index (χ3n) is 3.53. The molecule has 0 spiro atoms. The largest absolute Gasteiger partial charge is 0.507 e. The van der Waals surface area contributed by atoms with Gasteiger partial charge in [-0.1, -0.05) is 18.6 Å². The molecule has 1 aromatic rings. The lowest BCUT2D eigenvalue weighted by Crippen LogP contribution is -2.45. The normalized spacial score (nSPS) is 24.1. The van der Waals surface area contributed by atoms with E-state index in [4.69, 9.17) is 0 Å². The monoisotopic (exact) mass is 249 g/mol. The number of amides is 1. The van der Waals surface area contributed by atoms with Crippen molar-refractivity contribution in [3.05, 3.63) is 29.3 Å². The fourth-order valence-corrected chi connectivity index (χ4v) is 2.31.